The third-order valence-corrected chi connectivity index (χ3v) is 6.52. The van der Waals surface area contributed by atoms with E-state index >= 15 is 0 Å². The van der Waals surface area contributed by atoms with Crippen molar-refractivity contribution in [2.75, 3.05) is 32.7 Å². The Kier molecular flexibility index (Phi) is 8.86. The van der Waals surface area contributed by atoms with E-state index in [-0.39, 0.29) is 16.8 Å². The van der Waals surface area contributed by atoms with Gasteiger partial charge in [-0.2, -0.15) is 0 Å². The summed E-state index contributed by atoms with van der Waals surface area (Å²) in [6, 6.07) is 6.71. The lowest BCUT2D eigenvalue weighted by Gasteiger charge is -2.27. The highest BCUT2D eigenvalue weighted by molar-refractivity contribution is 7.89. The molecule has 0 bridgehead atoms. The molecule has 1 aliphatic carbocycles. The molecule has 0 radical (unpaired) electrons. The van der Waals surface area contributed by atoms with Crippen LogP contribution in [0.2, 0.25) is 0 Å². The predicted molar refractivity (Wildman–Crippen MR) is 118 cm³/mol. The first kappa shape index (κ1) is 23.6. The van der Waals surface area contributed by atoms with Crippen molar-refractivity contribution in [2.24, 2.45) is 5.92 Å². The van der Waals surface area contributed by atoms with Gasteiger partial charge in [-0.3, -0.25) is 4.79 Å². The van der Waals surface area contributed by atoms with E-state index in [1.807, 2.05) is 4.90 Å². The Morgan fingerprint density at radius 2 is 1.76 bits per heavy atom. The van der Waals surface area contributed by atoms with Gasteiger partial charge in [0.1, 0.15) is 0 Å². The molecule has 162 valence electrons. The average Bonchev–Trinajstić information content (AvgIpc) is 3.49. The maximum atomic E-state index is 12.7. The summed E-state index contributed by atoms with van der Waals surface area (Å²) in [6.07, 6.45) is 5.14. The van der Waals surface area contributed by atoms with Crippen LogP contribution in [0.1, 0.15) is 46.1 Å². The predicted octanol–water partition coefficient (Wildman–Crippen LogP) is 2.97. The molecule has 0 saturated heterocycles. The Hall–Kier alpha value is -1.70. The molecule has 1 aliphatic rings. The second-order valence-electron chi connectivity index (χ2n) is 8.00. The molecule has 1 N–H and O–H groups in total. The highest BCUT2D eigenvalue weighted by atomic mass is 32.2. The average molecular weight is 422 g/mol. The maximum Gasteiger partial charge on any atom is 0.246 e. The molecule has 0 aromatic heterocycles. The number of hydrogen-bond acceptors (Lipinski definition) is 4. The van der Waals surface area contributed by atoms with Crippen molar-refractivity contribution in [1.82, 2.24) is 14.5 Å². The minimum absolute atomic E-state index is 0.0158. The topological polar surface area (TPSA) is 69.7 Å². The smallest absolute Gasteiger partial charge is 0.246 e. The van der Waals surface area contributed by atoms with E-state index in [1.54, 1.807) is 36.4 Å². The van der Waals surface area contributed by atoms with Crippen LogP contribution >= 0.6 is 0 Å². The molecule has 0 heterocycles. The van der Waals surface area contributed by atoms with E-state index in [0.29, 0.717) is 19.0 Å². The molecule has 1 amide bonds. The van der Waals surface area contributed by atoms with Gasteiger partial charge in [0.15, 0.2) is 0 Å². The van der Waals surface area contributed by atoms with Gasteiger partial charge in [0.2, 0.25) is 15.9 Å². The molecule has 7 heteroatoms. The third kappa shape index (κ3) is 7.91. The zero-order valence-electron chi connectivity index (χ0n) is 18.1. The van der Waals surface area contributed by atoms with Crippen molar-refractivity contribution in [2.45, 2.75) is 51.5 Å². The van der Waals surface area contributed by atoms with Gasteiger partial charge >= 0.3 is 0 Å². The van der Waals surface area contributed by atoms with Gasteiger partial charge in [0.25, 0.3) is 0 Å². The number of nitrogens with zero attached hydrogens (tertiary/aromatic N) is 2. The number of carbonyl (C=O) groups is 1. The second kappa shape index (κ2) is 10.9. The van der Waals surface area contributed by atoms with Crippen molar-refractivity contribution in [3.8, 4) is 0 Å². The molecule has 1 aromatic carbocycles. The number of benzene rings is 1. The number of nitrogens with one attached hydrogen (secondary N) is 1. The Morgan fingerprint density at radius 1 is 1.14 bits per heavy atom. The van der Waals surface area contributed by atoms with E-state index in [1.165, 1.54) is 0 Å². The lowest BCUT2D eigenvalue weighted by molar-refractivity contribution is -0.126. The van der Waals surface area contributed by atoms with Crippen molar-refractivity contribution in [1.29, 1.82) is 0 Å². The number of likely N-dealkylation sites (N-methyl/N-ethyl adjacent to an activating group) is 1. The summed E-state index contributed by atoms with van der Waals surface area (Å²) in [5, 5.41) is 0. The van der Waals surface area contributed by atoms with Crippen LogP contribution in [-0.2, 0) is 14.8 Å². The van der Waals surface area contributed by atoms with Crippen LogP contribution in [0.4, 0.5) is 0 Å². The highest BCUT2D eigenvalue weighted by Gasteiger charge is 2.27. The van der Waals surface area contributed by atoms with Gasteiger partial charge < -0.3 is 9.80 Å². The van der Waals surface area contributed by atoms with Crippen LogP contribution in [0, 0.1) is 5.92 Å². The number of hydrogen-bond donors (Lipinski definition) is 1. The molecule has 1 saturated carbocycles. The van der Waals surface area contributed by atoms with Crippen LogP contribution < -0.4 is 4.72 Å². The van der Waals surface area contributed by atoms with Crippen molar-refractivity contribution in [3.63, 3.8) is 0 Å². The SMILES string of the molecule is CCN(CC)CCN(CC(C)C)C(=O)/C=C/c1ccc(S(=O)(=O)NC2CC2)cc1. The molecule has 0 spiro atoms. The molecular formula is C22H35N3O3S. The molecular weight excluding hydrogens is 386 g/mol. The van der Waals surface area contributed by atoms with E-state index < -0.39 is 10.0 Å². The lowest BCUT2D eigenvalue weighted by atomic mass is 10.2. The van der Waals surface area contributed by atoms with Gasteiger partial charge in [-0.15, -0.1) is 0 Å². The molecule has 0 aliphatic heterocycles. The quantitative estimate of drug-likeness (QED) is 0.527. The number of carbonyl (C=O) groups excluding carboxylic acids is 1. The number of rotatable bonds is 12. The minimum atomic E-state index is -3.45. The Bertz CT molecular complexity index is 780. The second-order valence-corrected chi connectivity index (χ2v) is 9.72. The van der Waals surface area contributed by atoms with Crippen LogP contribution in [0.25, 0.3) is 6.08 Å². The summed E-state index contributed by atoms with van der Waals surface area (Å²) < 4.78 is 27.1. The fourth-order valence-electron chi connectivity index (χ4n) is 3.05. The molecule has 6 nitrogen and oxygen atoms in total. The molecule has 1 fully saturated rings. The normalized spacial score (nSPS) is 14.8. The molecule has 2 rings (SSSR count). The summed E-state index contributed by atoms with van der Waals surface area (Å²) >= 11 is 0. The van der Waals surface area contributed by atoms with Crippen LogP contribution in [-0.4, -0.2) is 62.9 Å². The van der Waals surface area contributed by atoms with E-state index in [2.05, 4.69) is 37.3 Å². The monoisotopic (exact) mass is 421 g/mol. The zero-order chi connectivity index (χ0) is 21.4. The summed E-state index contributed by atoms with van der Waals surface area (Å²) in [5.41, 5.74) is 0.803. The molecule has 0 unspecified atom stereocenters. The fraction of sp³-hybridized carbons (Fsp3) is 0.591. The Morgan fingerprint density at radius 3 is 2.28 bits per heavy atom. The van der Waals surface area contributed by atoms with Crippen LogP contribution in [0.5, 0.6) is 0 Å². The molecule has 29 heavy (non-hydrogen) atoms. The third-order valence-electron chi connectivity index (χ3n) is 4.99. The summed E-state index contributed by atoms with van der Waals surface area (Å²) in [5.74, 6) is 0.380. The summed E-state index contributed by atoms with van der Waals surface area (Å²) in [6.45, 7) is 12.7. The Labute approximate surface area is 176 Å². The first-order valence-electron chi connectivity index (χ1n) is 10.6. The van der Waals surface area contributed by atoms with E-state index in [4.69, 9.17) is 0 Å². The fourth-order valence-corrected chi connectivity index (χ4v) is 4.36. The first-order valence-corrected chi connectivity index (χ1v) is 12.0. The number of sulfonamides is 1. The minimum Gasteiger partial charge on any atom is -0.338 e. The molecule has 0 atom stereocenters. The van der Waals surface area contributed by atoms with E-state index in [0.717, 1.165) is 38.0 Å². The first-order chi connectivity index (χ1) is 13.7. The maximum absolute atomic E-state index is 12.7. The van der Waals surface area contributed by atoms with Crippen LogP contribution in [0.15, 0.2) is 35.2 Å². The largest absolute Gasteiger partial charge is 0.338 e. The van der Waals surface area contributed by atoms with Gasteiger partial charge in [-0.25, -0.2) is 13.1 Å². The van der Waals surface area contributed by atoms with Gasteiger partial charge in [0, 0.05) is 31.8 Å². The van der Waals surface area contributed by atoms with Crippen LogP contribution in [0.3, 0.4) is 0 Å². The number of amides is 1. The standard InChI is InChI=1S/C22H35N3O3S/c1-5-24(6-2)15-16-25(17-18(3)4)22(26)14-9-19-7-12-21(13-8-19)29(27,28)23-20-10-11-20/h7-9,12-14,18,20,23H,5-6,10-11,15-17H2,1-4H3/b14-9+. The summed E-state index contributed by atoms with van der Waals surface area (Å²) in [4.78, 5) is 17.2. The van der Waals surface area contributed by atoms with Gasteiger partial charge in [-0.1, -0.05) is 39.8 Å². The van der Waals surface area contributed by atoms with Crippen molar-refractivity contribution >= 4 is 22.0 Å². The highest BCUT2D eigenvalue weighted by Crippen LogP contribution is 2.22. The zero-order valence-corrected chi connectivity index (χ0v) is 18.9. The summed E-state index contributed by atoms with van der Waals surface area (Å²) in [7, 11) is -3.45. The lowest BCUT2D eigenvalue weighted by Crippen LogP contribution is -2.39. The van der Waals surface area contributed by atoms with Gasteiger partial charge in [-0.05, 0) is 55.6 Å². The van der Waals surface area contributed by atoms with E-state index in [9.17, 15) is 13.2 Å². The van der Waals surface area contributed by atoms with Gasteiger partial charge in [0.05, 0.1) is 4.90 Å². The van der Waals surface area contributed by atoms with Crippen molar-refractivity contribution < 1.29 is 13.2 Å². The van der Waals surface area contributed by atoms with Crippen molar-refractivity contribution in [3.05, 3.63) is 35.9 Å². The molecule has 1 aromatic rings. The Balaban J connectivity index is 2.00.